The minimum atomic E-state index is -0.619. The third-order valence-electron chi connectivity index (χ3n) is 2.63. The van der Waals surface area contributed by atoms with Gasteiger partial charge in [-0.05, 0) is 25.8 Å². The van der Waals surface area contributed by atoms with E-state index in [0.29, 0.717) is 0 Å². The summed E-state index contributed by atoms with van der Waals surface area (Å²) in [5.74, 6) is 0.844. The Morgan fingerprint density at radius 1 is 1.25 bits per heavy atom. The van der Waals surface area contributed by atoms with Crippen molar-refractivity contribution in [1.29, 1.82) is 0 Å². The molecule has 0 aliphatic carbocycles. The number of anilines is 1. The fourth-order valence-electron chi connectivity index (χ4n) is 1.50. The van der Waals surface area contributed by atoms with E-state index in [9.17, 15) is 5.11 Å². The van der Waals surface area contributed by atoms with Crippen LogP contribution in [0.5, 0.6) is 0 Å². The van der Waals surface area contributed by atoms with Crippen LogP contribution >= 0.6 is 23.1 Å². The van der Waals surface area contributed by atoms with Crippen LogP contribution in [0.1, 0.15) is 25.8 Å². The monoisotopic (exact) mass is 309 g/mol. The lowest BCUT2D eigenvalue weighted by atomic mass is 10.1. The maximum absolute atomic E-state index is 9.65. The van der Waals surface area contributed by atoms with Crippen molar-refractivity contribution in [3.8, 4) is 0 Å². The van der Waals surface area contributed by atoms with Crippen LogP contribution in [0.25, 0.3) is 0 Å². The van der Waals surface area contributed by atoms with Gasteiger partial charge in [-0.2, -0.15) is 0 Å². The van der Waals surface area contributed by atoms with Gasteiger partial charge in [0.1, 0.15) is 0 Å². The van der Waals surface area contributed by atoms with E-state index in [4.69, 9.17) is 0 Å². The van der Waals surface area contributed by atoms with E-state index in [1.807, 2.05) is 32.0 Å². The van der Waals surface area contributed by atoms with Crippen LogP contribution in [0.4, 0.5) is 5.13 Å². The molecule has 1 aromatic heterocycles. The third kappa shape index (κ3) is 5.48. The predicted molar refractivity (Wildman–Crippen MR) is 85.3 cm³/mol. The SMILES string of the molecule is CC(C)(O)CCSc1nnc(NCc2ccccc2)s1. The second-order valence-corrected chi connectivity index (χ2v) is 7.44. The zero-order valence-electron chi connectivity index (χ0n) is 11.7. The van der Waals surface area contributed by atoms with Crippen molar-refractivity contribution in [3.05, 3.63) is 35.9 Å². The first kappa shape index (κ1) is 15.3. The summed E-state index contributed by atoms with van der Waals surface area (Å²) in [6.07, 6.45) is 0.740. The van der Waals surface area contributed by atoms with Gasteiger partial charge in [-0.3, -0.25) is 0 Å². The highest BCUT2D eigenvalue weighted by Crippen LogP contribution is 2.27. The normalized spacial score (nSPS) is 11.6. The number of nitrogens with one attached hydrogen (secondary N) is 1. The quantitative estimate of drug-likeness (QED) is 0.768. The van der Waals surface area contributed by atoms with Gasteiger partial charge in [-0.25, -0.2) is 0 Å². The van der Waals surface area contributed by atoms with Gasteiger partial charge in [-0.1, -0.05) is 53.4 Å². The fraction of sp³-hybridized carbons (Fsp3) is 0.429. The molecule has 0 atom stereocenters. The molecular formula is C14H19N3OS2. The summed E-state index contributed by atoms with van der Waals surface area (Å²) in [6.45, 7) is 4.39. The first-order chi connectivity index (χ1) is 9.53. The number of benzene rings is 1. The summed E-state index contributed by atoms with van der Waals surface area (Å²) in [5.41, 5.74) is 0.602. The highest BCUT2D eigenvalue weighted by Gasteiger charge is 2.13. The van der Waals surface area contributed by atoms with Crippen molar-refractivity contribution < 1.29 is 5.11 Å². The Morgan fingerprint density at radius 2 is 2.00 bits per heavy atom. The van der Waals surface area contributed by atoms with Crippen molar-refractivity contribution in [2.24, 2.45) is 0 Å². The summed E-state index contributed by atoms with van der Waals surface area (Å²) >= 11 is 3.19. The van der Waals surface area contributed by atoms with E-state index < -0.39 is 5.60 Å². The highest BCUT2D eigenvalue weighted by atomic mass is 32.2. The molecule has 2 N–H and O–H groups in total. The Labute approximate surface area is 127 Å². The molecule has 0 bridgehead atoms. The summed E-state index contributed by atoms with van der Waals surface area (Å²) in [4.78, 5) is 0. The van der Waals surface area contributed by atoms with Gasteiger partial charge in [0.2, 0.25) is 5.13 Å². The lowest BCUT2D eigenvalue weighted by Gasteiger charge is -2.15. The molecule has 0 amide bonds. The number of rotatable bonds is 7. The molecule has 1 heterocycles. The Kier molecular flexibility index (Phi) is 5.39. The number of nitrogens with zero attached hydrogens (tertiary/aromatic N) is 2. The largest absolute Gasteiger partial charge is 0.390 e. The summed E-state index contributed by atoms with van der Waals surface area (Å²) in [6, 6.07) is 10.2. The van der Waals surface area contributed by atoms with Gasteiger partial charge in [0.15, 0.2) is 4.34 Å². The molecule has 2 aromatic rings. The lowest BCUT2D eigenvalue weighted by molar-refractivity contribution is 0.0777. The molecule has 0 fully saturated rings. The number of aromatic nitrogens is 2. The average Bonchev–Trinajstić information content (AvgIpc) is 2.84. The molecule has 6 heteroatoms. The highest BCUT2D eigenvalue weighted by molar-refractivity contribution is 8.01. The zero-order chi connectivity index (χ0) is 14.4. The van der Waals surface area contributed by atoms with Crippen molar-refractivity contribution in [2.45, 2.75) is 36.8 Å². The van der Waals surface area contributed by atoms with Crippen molar-refractivity contribution in [3.63, 3.8) is 0 Å². The molecular weight excluding hydrogens is 290 g/mol. The molecule has 2 rings (SSSR count). The first-order valence-electron chi connectivity index (χ1n) is 6.49. The van der Waals surface area contributed by atoms with E-state index in [2.05, 4.69) is 27.6 Å². The molecule has 4 nitrogen and oxygen atoms in total. The van der Waals surface area contributed by atoms with Gasteiger partial charge >= 0.3 is 0 Å². The second kappa shape index (κ2) is 7.06. The van der Waals surface area contributed by atoms with Gasteiger partial charge in [0.05, 0.1) is 5.60 Å². The summed E-state index contributed by atoms with van der Waals surface area (Å²) < 4.78 is 0.935. The lowest BCUT2D eigenvalue weighted by Crippen LogP contribution is -2.18. The van der Waals surface area contributed by atoms with E-state index in [-0.39, 0.29) is 0 Å². The minimum Gasteiger partial charge on any atom is -0.390 e. The average molecular weight is 309 g/mol. The van der Waals surface area contributed by atoms with Crippen LogP contribution in [-0.2, 0) is 6.54 Å². The second-order valence-electron chi connectivity index (χ2n) is 5.12. The van der Waals surface area contributed by atoms with E-state index >= 15 is 0 Å². The topological polar surface area (TPSA) is 58.0 Å². The molecule has 0 saturated carbocycles. The van der Waals surface area contributed by atoms with Gasteiger partial charge in [-0.15, -0.1) is 10.2 Å². The van der Waals surface area contributed by atoms with E-state index in [0.717, 1.165) is 28.2 Å². The van der Waals surface area contributed by atoms with Gasteiger partial charge in [0, 0.05) is 12.3 Å². The standard InChI is InChI=1S/C14H19N3OS2/c1-14(2,18)8-9-19-13-17-16-12(20-13)15-10-11-6-4-3-5-7-11/h3-7,18H,8-10H2,1-2H3,(H,15,16). The molecule has 0 radical (unpaired) electrons. The molecule has 1 aromatic carbocycles. The molecule has 0 unspecified atom stereocenters. The fourth-order valence-corrected chi connectivity index (χ4v) is 3.57. The maximum Gasteiger partial charge on any atom is 0.206 e. The van der Waals surface area contributed by atoms with Crippen LogP contribution in [0.15, 0.2) is 34.7 Å². The summed E-state index contributed by atoms with van der Waals surface area (Å²) in [5, 5.41) is 22.0. The van der Waals surface area contributed by atoms with Crippen molar-refractivity contribution in [2.75, 3.05) is 11.1 Å². The van der Waals surface area contributed by atoms with Crippen molar-refractivity contribution in [1.82, 2.24) is 10.2 Å². The van der Waals surface area contributed by atoms with Gasteiger partial charge < -0.3 is 10.4 Å². The minimum absolute atomic E-state index is 0.619. The predicted octanol–water partition coefficient (Wildman–Crippen LogP) is 3.40. The number of hydrogen-bond donors (Lipinski definition) is 2. The molecule has 0 aliphatic heterocycles. The van der Waals surface area contributed by atoms with Crippen LogP contribution in [0.2, 0.25) is 0 Å². The maximum atomic E-state index is 9.65. The molecule has 0 saturated heterocycles. The number of thioether (sulfide) groups is 1. The van der Waals surface area contributed by atoms with E-state index in [1.165, 1.54) is 5.56 Å². The van der Waals surface area contributed by atoms with Gasteiger partial charge in [0.25, 0.3) is 0 Å². The molecule has 0 aliphatic rings. The first-order valence-corrected chi connectivity index (χ1v) is 8.30. The Morgan fingerprint density at radius 3 is 2.70 bits per heavy atom. The molecule has 0 spiro atoms. The summed E-state index contributed by atoms with van der Waals surface area (Å²) in [7, 11) is 0. The number of aliphatic hydroxyl groups is 1. The smallest absolute Gasteiger partial charge is 0.206 e. The van der Waals surface area contributed by atoms with Crippen LogP contribution in [0.3, 0.4) is 0 Å². The third-order valence-corrected chi connectivity index (χ3v) is 4.65. The van der Waals surface area contributed by atoms with Crippen molar-refractivity contribution >= 4 is 28.2 Å². The Hall–Kier alpha value is -1.11. The van der Waals surface area contributed by atoms with Crippen LogP contribution in [0, 0.1) is 0 Å². The van der Waals surface area contributed by atoms with Crippen LogP contribution < -0.4 is 5.32 Å². The van der Waals surface area contributed by atoms with Crippen LogP contribution in [-0.4, -0.2) is 26.7 Å². The molecule has 108 valence electrons. The Balaban J connectivity index is 1.77. The zero-order valence-corrected chi connectivity index (χ0v) is 13.3. The number of hydrogen-bond acceptors (Lipinski definition) is 6. The van der Waals surface area contributed by atoms with E-state index in [1.54, 1.807) is 23.1 Å². The Bertz CT molecular complexity index is 523. The molecule has 20 heavy (non-hydrogen) atoms.